The van der Waals surface area contributed by atoms with E-state index in [1.165, 1.54) is 24.8 Å². The SMILES string of the molecule is FC(F)(F)c1ccc2c(-c3ccc4ccccc4c3)c3cc(-c4ncncn4)ccc3c(-c3ccc4ccccc4c3)c2c1. The van der Waals surface area contributed by atoms with Gasteiger partial charge in [0.1, 0.15) is 12.7 Å². The largest absolute Gasteiger partial charge is 0.416 e. The van der Waals surface area contributed by atoms with Gasteiger partial charge < -0.3 is 0 Å². The van der Waals surface area contributed by atoms with Gasteiger partial charge >= 0.3 is 6.18 Å². The first kappa shape index (κ1) is 26.0. The molecule has 3 nitrogen and oxygen atoms in total. The fraction of sp³-hybridized carbons (Fsp3) is 0.0263. The zero-order valence-corrected chi connectivity index (χ0v) is 23.2. The van der Waals surface area contributed by atoms with Crippen LogP contribution in [0.3, 0.4) is 0 Å². The van der Waals surface area contributed by atoms with E-state index in [0.29, 0.717) is 11.2 Å². The highest BCUT2D eigenvalue weighted by Gasteiger charge is 2.31. The fourth-order valence-electron chi connectivity index (χ4n) is 6.24. The monoisotopic (exact) mass is 577 g/mol. The molecule has 8 aromatic rings. The zero-order chi connectivity index (χ0) is 29.8. The third kappa shape index (κ3) is 4.34. The van der Waals surface area contributed by atoms with Gasteiger partial charge in [-0.3, -0.25) is 0 Å². The summed E-state index contributed by atoms with van der Waals surface area (Å²) in [5, 5.41) is 7.22. The molecule has 0 unspecified atom stereocenters. The van der Waals surface area contributed by atoms with Crippen molar-refractivity contribution in [2.75, 3.05) is 0 Å². The minimum atomic E-state index is -4.49. The number of hydrogen-bond acceptors (Lipinski definition) is 3. The molecular weight excluding hydrogens is 555 g/mol. The van der Waals surface area contributed by atoms with Gasteiger partial charge in [0.2, 0.25) is 0 Å². The van der Waals surface area contributed by atoms with Crippen molar-refractivity contribution < 1.29 is 13.2 Å². The topological polar surface area (TPSA) is 38.7 Å². The average Bonchev–Trinajstić information content (AvgIpc) is 3.06. The lowest BCUT2D eigenvalue weighted by molar-refractivity contribution is -0.137. The Labute approximate surface area is 250 Å². The summed E-state index contributed by atoms with van der Waals surface area (Å²) in [6.45, 7) is 0. The Balaban J connectivity index is 1.54. The number of aromatic nitrogens is 3. The summed E-state index contributed by atoms with van der Waals surface area (Å²) in [6.07, 6.45) is -1.58. The summed E-state index contributed by atoms with van der Waals surface area (Å²) in [5.41, 5.74) is 3.47. The molecule has 0 fully saturated rings. The van der Waals surface area contributed by atoms with Crippen LogP contribution in [0.25, 0.3) is 76.7 Å². The molecule has 0 N–H and O–H groups in total. The Kier molecular flexibility index (Phi) is 5.91. The van der Waals surface area contributed by atoms with Crippen LogP contribution < -0.4 is 0 Å². The van der Waals surface area contributed by atoms with E-state index in [1.54, 1.807) is 6.07 Å². The van der Waals surface area contributed by atoms with E-state index in [2.05, 4.69) is 33.2 Å². The molecule has 0 aliphatic heterocycles. The van der Waals surface area contributed by atoms with Gasteiger partial charge in [0, 0.05) is 5.56 Å². The smallest absolute Gasteiger partial charge is 0.225 e. The lowest BCUT2D eigenvalue weighted by Gasteiger charge is -2.20. The molecule has 0 saturated heterocycles. The number of nitrogens with zero attached hydrogens (tertiary/aromatic N) is 3. The molecule has 0 aliphatic rings. The van der Waals surface area contributed by atoms with Crippen molar-refractivity contribution in [2.45, 2.75) is 6.18 Å². The molecule has 6 heteroatoms. The summed E-state index contributed by atoms with van der Waals surface area (Å²) in [5.74, 6) is 0.520. The van der Waals surface area contributed by atoms with Gasteiger partial charge in [-0.15, -0.1) is 0 Å². The van der Waals surface area contributed by atoms with Gasteiger partial charge in [-0.1, -0.05) is 91.0 Å². The van der Waals surface area contributed by atoms with Crippen LogP contribution in [0.4, 0.5) is 13.2 Å². The molecule has 0 spiro atoms. The van der Waals surface area contributed by atoms with Crippen molar-refractivity contribution in [1.82, 2.24) is 15.0 Å². The maximum Gasteiger partial charge on any atom is 0.416 e. The Morgan fingerprint density at radius 1 is 0.432 bits per heavy atom. The van der Waals surface area contributed by atoms with Gasteiger partial charge in [-0.05, 0) is 95.7 Å². The summed E-state index contributed by atoms with van der Waals surface area (Å²) in [6, 6.07) is 38.4. The Bertz CT molecular complexity index is 2380. The highest BCUT2D eigenvalue weighted by Crippen LogP contribution is 2.47. The van der Waals surface area contributed by atoms with Crippen LogP contribution in [-0.2, 0) is 6.18 Å². The summed E-state index contributed by atoms with van der Waals surface area (Å²) >= 11 is 0. The minimum Gasteiger partial charge on any atom is -0.225 e. The maximum atomic E-state index is 14.2. The van der Waals surface area contributed by atoms with Crippen LogP contribution in [0, 0.1) is 0 Å². The number of alkyl halides is 3. The highest BCUT2D eigenvalue weighted by atomic mass is 19.4. The van der Waals surface area contributed by atoms with Crippen molar-refractivity contribution >= 4 is 43.1 Å². The molecule has 1 heterocycles. The maximum absolute atomic E-state index is 14.2. The summed E-state index contributed by atoms with van der Waals surface area (Å²) < 4.78 is 42.6. The Morgan fingerprint density at radius 2 is 0.932 bits per heavy atom. The summed E-state index contributed by atoms with van der Waals surface area (Å²) in [7, 11) is 0. The van der Waals surface area contributed by atoms with E-state index in [0.717, 1.165) is 65.5 Å². The quantitative estimate of drug-likeness (QED) is 0.196. The van der Waals surface area contributed by atoms with E-state index in [9.17, 15) is 13.2 Å². The van der Waals surface area contributed by atoms with Crippen LogP contribution in [0.2, 0.25) is 0 Å². The molecule has 1 aromatic heterocycles. The molecule has 8 rings (SSSR count). The Morgan fingerprint density at radius 3 is 1.50 bits per heavy atom. The van der Waals surface area contributed by atoms with Gasteiger partial charge in [0.25, 0.3) is 0 Å². The minimum absolute atomic E-state index is 0.520. The van der Waals surface area contributed by atoms with E-state index in [-0.39, 0.29) is 0 Å². The predicted molar refractivity (Wildman–Crippen MR) is 171 cm³/mol. The molecule has 0 amide bonds. The molecule has 0 bridgehead atoms. The van der Waals surface area contributed by atoms with Crippen molar-refractivity contribution in [3.05, 3.63) is 140 Å². The molecule has 44 heavy (non-hydrogen) atoms. The number of hydrogen-bond donors (Lipinski definition) is 0. The lowest BCUT2D eigenvalue weighted by atomic mass is 9.84. The van der Waals surface area contributed by atoms with Crippen LogP contribution in [0.15, 0.2) is 134 Å². The van der Waals surface area contributed by atoms with E-state index < -0.39 is 11.7 Å². The molecule has 0 radical (unpaired) electrons. The first-order valence-corrected chi connectivity index (χ1v) is 14.2. The summed E-state index contributed by atoms with van der Waals surface area (Å²) in [4.78, 5) is 12.7. The van der Waals surface area contributed by atoms with Crippen LogP contribution in [-0.4, -0.2) is 15.0 Å². The second-order valence-electron chi connectivity index (χ2n) is 10.9. The van der Waals surface area contributed by atoms with Crippen molar-refractivity contribution in [3.63, 3.8) is 0 Å². The second-order valence-corrected chi connectivity index (χ2v) is 10.9. The molecule has 0 saturated carbocycles. The average molecular weight is 578 g/mol. The number of rotatable bonds is 3. The third-order valence-electron chi connectivity index (χ3n) is 8.27. The highest BCUT2D eigenvalue weighted by molar-refractivity contribution is 6.22. The zero-order valence-electron chi connectivity index (χ0n) is 23.2. The number of benzene rings is 7. The predicted octanol–water partition coefficient (Wildman–Crippen LogP) is 10.5. The molecule has 210 valence electrons. The number of halogens is 3. The number of fused-ring (bicyclic) bond motifs is 4. The van der Waals surface area contributed by atoms with E-state index >= 15 is 0 Å². The fourth-order valence-corrected chi connectivity index (χ4v) is 6.24. The van der Waals surface area contributed by atoms with Gasteiger partial charge in [-0.25, -0.2) is 15.0 Å². The van der Waals surface area contributed by atoms with Crippen molar-refractivity contribution in [3.8, 4) is 33.6 Å². The van der Waals surface area contributed by atoms with Crippen LogP contribution in [0.5, 0.6) is 0 Å². The lowest BCUT2D eigenvalue weighted by Crippen LogP contribution is -2.05. The molecular formula is C38H22F3N3. The molecule has 0 atom stereocenters. The van der Waals surface area contributed by atoms with Gasteiger partial charge in [0.05, 0.1) is 5.56 Å². The second kappa shape index (κ2) is 9.99. The Hall–Kier alpha value is -5.62. The van der Waals surface area contributed by atoms with E-state index in [1.807, 2.05) is 84.9 Å². The third-order valence-corrected chi connectivity index (χ3v) is 8.27. The first-order chi connectivity index (χ1) is 21.4. The molecule has 0 aliphatic carbocycles. The molecule has 7 aromatic carbocycles. The van der Waals surface area contributed by atoms with E-state index in [4.69, 9.17) is 0 Å². The standard InChI is InChI=1S/C38H22F3N3/c39-38(40,41)30-14-16-32-34(20-30)36(28-12-10-24-6-2-4-8-26(24)18-28)31-15-13-29(37-43-21-42-22-44-37)19-33(31)35(32)27-11-9-23-5-1-3-7-25(23)17-27/h1-22H. The van der Waals surface area contributed by atoms with Gasteiger partial charge in [-0.2, -0.15) is 13.2 Å². The van der Waals surface area contributed by atoms with Gasteiger partial charge in [0.15, 0.2) is 5.82 Å². The van der Waals surface area contributed by atoms with Crippen LogP contribution in [0.1, 0.15) is 5.56 Å². The van der Waals surface area contributed by atoms with Crippen molar-refractivity contribution in [2.24, 2.45) is 0 Å². The normalized spacial score (nSPS) is 12.0. The first-order valence-electron chi connectivity index (χ1n) is 14.2. The van der Waals surface area contributed by atoms with Crippen molar-refractivity contribution in [1.29, 1.82) is 0 Å². The van der Waals surface area contributed by atoms with Crippen LogP contribution >= 0.6 is 0 Å².